The first-order valence-electron chi connectivity index (χ1n) is 6.02. The number of hydrogen-bond acceptors (Lipinski definition) is 2. The Morgan fingerprint density at radius 2 is 2.00 bits per heavy atom. The number of rotatable bonds is 3. The average molecular weight is 325 g/mol. The molecule has 6 heteroatoms. The van der Waals surface area contributed by atoms with Crippen LogP contribution < -0.4 is 5.43 Å². The number of nitrogens with zero attached hydrogens (tertiary/aromatic N) is 1. The normalized spacial score (nSPS) is 10.9. The molecular weight excluding hydrogens is 314 g/mol. The summed E-state index contributed by atoms with van der Waals surface area (Å²) in [4.78, 5) is 11.9. The fraction of sp³-hybridized carbons (Fsp3) is 0.0667. The van der Waals surface area contributed by atoms with Crippen molar-refractivity contribution in [3.63, 3.8) is 0 Å². The molecule has 0 radical (unpaired) electrons. The maximum atomic E-state index is 13.5. The third-order valence-corrected chi connectivity index (χ3v) is 3.37. The number of nitrogens with one attached hydrogen (secondary N) is 1. The molecule has 0 aliphatic rings. The standard InChI is InChI=1S/C15H11Cl2FN2O/c1-9-5-6-10(13(17)7-9)15(21)20-19-8-11-12(16)3-2-4-14(11)18/h2-8H,1H3,(H,20,21)/b19-8+. The number of aryl methyl sites for hydroxylation is 1. The van der Waals surface area contributed by atoms with Crippen LogP contribution in [0.5, 0.6) is 0 Å². The van der Waals surface area contributed by atoms with Crippen molar-refractivity contribution >= 4 is 35.3 Å². The van der Waals surface area contributed by atoms with Gasteiger partial charge < -0.3 is 0 Å². The summed E-state index contributed by atoms with van der Waals surface area (Å²) in [6.45, 7) is 1.87. The van der Waals surface area contributed by atoms with Crippen LogP contribution in [-0.2, 0) is 0 Å². The molecule has 3 nitrogen and oxygen atoms in total. The molecule has 0 atom stereocenters. The third-order valence-electron chi connectivity index (χ3n) is 2.73. The van der Waals surface area contributed by atoms with Crippen LogP contribution in [0, 0.1) is 12.7 Å². The van der Waals surface area contributed by atoms with E-state index in [4.69, 9.17) is 23.2 Å². The molecular formula is C15H11Cl2FN2O. The number of carbonyl (C=O) groups is 1. The van der Waals surface area contributed by atoms with Gasteiger partial charge in [0.25, 0.3) is 5.91 Å². The van der Waals surface area contributed by atoms with Gasteiger partial charge in [0.05, 0.1) is 21.8 Å². The molecule has 0 aliphatic heterocycles. The highest BCUT2D eigenvalue weighted by Crippen LogP contribution is 2.18. The lowest BCUT2D eigenvalue weighted by molar-refractivity contribution is 0.0955. The van der Waals surface area contributed by atoms with Crippen LogP contribution in [0.4, 0.5) is 4.39 Å². The fourth-order valence-corrected chi connectivity index (χ4v) is 2.19. The second-order valence-corrected chi connectivity index (χ2v) is 5.13. The van der Waals surface area contributed by atoms with Gasteiger partial charge in [0.15, 0.2) is 0 Å². The molecule has 0 fully saturated rings. The van der Waals surface area contributed by atoms with Crippen LogP contribution in [0.15, 0.2) is 41.5 Å². The Labute approximate surface area is 131 Å². The van der Waals surface area contributed by atoms with Gasteiger partial charge in [-0.2, -0.15) is 5.10 Å². The maximum Gasteiger partial charge on any atom is 0.272 e. The van der Waals surface area contributed by atoms with E-state index < -0.39 is 11.7 Å². The van der Waals surface area contributed by atoms with Gasteiger partial charge in [0.1, 0.15) is 5.82 Å². The number of hydrazone groups is 1. The van der Waals surface area contributed by atoms with E-state index in [-0.39, 0.29) is 10.6 Å². The molecule has 0 saturated heterocycles. The van der Waals surface area contributed by atoms with E-state index in [2.05, 4.69) is 10.5 Å². The molecule has 0 heterocycles. The molecule has 21 heavy (non-hydrogen) atoms. The minimum atomic E-state index is -0.520. The van der Waals surface area contributed by atoms with Crippen molar-refractivity contribution in [1.29, 1.82) is 0 Å². The van der Waals surface area contributed by atoms with Crippen molar-refractivity contribution in [1.82, 2.24) is 5.43 Å². The molecule has 0 aliphatic carbocycles. The summed E-state index contributed by atoms with van der Waals surface area (Å²) in [6.07, 6.45) is 1.15. The molecule has 2 aromatic carbocycles. The molecule has 0 spiro atoms. The van der Waals surface area contributed by atoms with Crippen LogP contribution in [0.25, 0.3) is 0 Å². The van der Waals surface area contributed by atoms with E-state index in [9.17, 15) is 9.18 Å². The van der Waals surface area contributed by atoms with Gasteiger partial charge in [-0.3, -0.25) is 4.79 Å². The van der Waals surface area contributed by atoms with Crippen molar-refractivity contribution in [3.05, 3.63) is 69.0 Å². The topological polar surface area (TPSA) is 41.5 Å². The van der Waals surface area contributed by atoms with Crippen LogP contribution in [0.2, 0.25) is 10.0 Å². The maximum absolute atomic E-state index is 13.5. The molecule has 0 bridgehead atoms. The quantitative estimate of drug-likeness (QED) is 0.667. The highest BCUT2D eigenvalue weighted by molar-refractivity contribution is 6.34. The first-order chi connectivity index (χ1) is 9.99. The van der Waals surface area contributed by atoms with Gasteiger partial charge in [-0.15, -0.1) is 0 Å². The summed E-state index contributed by atoms with van der Waals surface area (Å²) in [5.74, 6) is -1.00. The van der Waals surface area contributed by atoms with Crippen LogP contribution in [0.1, 0.15) is 21.5 Å². The lowest BCUT2D eigenvalue weighted by atomic mass is 10.1. The Morgan fingerprint density at radius 3 is 2.67 bits per heavy atom. The number of amides is 1. The predicted molar refractivity (Wildman–Crippen MR) is 82.7 cm³/mol. The van der Waals surface area contributed by atoms with Gasteiger partial charge >= 0.3 is 0 Å². The number of halogens is 3. The highest BCUT2D eigenvalue weighted by Gasteiger charge is 2.09. The van der Waals surface area contributed by atoms with Gasteiger partial charge in [0, 0.05) is 5.56 Å². The molecule has 0 aromatic heterocycles. The van der Waals surface area contributed by atoms with Gasteiger partial charge in [-0.05, 0) is 36.8 Å². The smallest absolute Gasteiger partial charge is 0.267 e. The summed E-state index contributed by atoms with van der Waals surface area (Å²) in [6, 6.07) is 9.31. The van der Waals surface area contributed by atoms with Crippen molar-refractivity contribution in [2.24, 2.45) is 5.10 Å². The summed E-state index contributed by atoms with van der Waals surface area (Å²) in [7, 11) is 0. The molecule has 1 amide bonds. The molecule has 108 valence electrons. The Hall–Kier alpha value is -1.91. The van der Waals surface area contributed by atoms with Crippen LogP contribution in [0.3, 0.4) is 0 Å². The van der Waals surface area contributed by atoms with E-state index in [1.807, 2.05) is 6.92 Å². The van der Waals surface area contributed by atoms with Crippen molar-refractivity contribution in [3.8, 4) is 0 Å². The van der Waals surface area contributed by atoms with Crippen molar-refractivity contribution < 1.29 is 9.18 Å². The molecule has 1 N–H and O–H groups in total. The molecule has 0 unspecified atom stereocenters. The zero-order chi connectivity index (χ0) is 15.4. The van der Waals surface area contributed by atoms with E-state index in [1.165, 1.54) is 18.2 Å². The second kappa shape index (κ2) is 6.70. The zero-order valence-corrected chi connectivity index (χ0v) is 12.5. The molecule has 2 aromatic rings. The predicted octanol–water partition coefficient (Wildman–Crippen LogP) is 4.20. The van der Waals surface area contributed by atoms with Gasteiger partial charge in [-0.1, -0.05) is 35.3 Å². The van der Waals surface area contributed by atoms with E-state index in [1.54, 1.807) is 18.2 Å². The molecule has 0 saturated carbocycles. The van der Waals surface area contributed by atoms with Crippen LogP contribution in [-0.4, -0.2) is 12.1 Å². The Morgan fingerprint density at radius 1 is 1.24 bits per heavy atom. The summed E-state index contributed by atoms with van der Waals surface area (Å²) in [5.41, 5.74) is 3.62. The Balaban J connectivity index is 2.12. The van der Waals surface area contributed by atoms with E-state index in [0.717, 1.165) is 11.8 Å². The summed E-state index contributed by atoms with van der Waals surface area (Å²) >= 11 is 11.8. The number of hydrogen-bond donors (Lipinski definition) is 1. The first-order valence-corrected chi connectivity index (χ1v) is 6.78. The average Bonchev–Trinajstić information content (AvgIpc) is 2.42. The second-order valence-electron chi connectivity index (χ2n) is 4.32. The fourth-order valence-electron chi connectivity index (χ4n) is 1.65. The molecule has 2 rings (SSSR count). The lowest BCUT2D eigenvalue weighted by Crippen LogP contribution is -2.18. The zero-order valence-electron chi connectivity index (χ0n) is 11.0. The highest BCUT2D eigenvalue weighted by atomic mass is 35.5. The number of carbonyl (C=O) groups excluding carboxylic acids is 1. The van der Waals surface area contributed by atoms with E-state index in [0.29, 0.717) is 10.6 Å². The lowest BCUT2D eigenvalue weighted by Gasteiger charge is -2.04. The summed E-state index contributed by atoms with van der Waals surface area (Å²) in [5, 5.41) is 4.23. The Bertz CT molecular complexity index is 697. The van der Waals surface area contributed by atoms with E-state index >= 15 is 0 Å². The largest absolute Gasteiger partial charge is 0.272 e. The van der Waals surface area contributed by atoms with Crippen molar-refractivity contribution in [2.75, 3.05) is 0 Å². The monoisotopic (exact) mass is 324 g/mol. The summed E-state index contributed by atoms with van der Waals surface area (Å²) < 4.78 is 13.5. The van der Waals surface area contributed by atoms with Crippen molar-refractivity contribution in [2.45, 2.75) is 6.92 Å². The first kappa shape index (κ1) is 15.5. The number of benzene rings is 2. The SMILES string of the molecule is Cc1ccc(C(=O)N/N=C/c2c(F)cccc2Cl)c(Cl)c1. The minimum Gasteiger partial charge on any atom is -0.267 e. The third kappa shape index (κ3) is 3.80. The van der Waals surface area contributed by atoms with Gasteiger partial charge in [-0.25, -0.2) is 9.82 Å². The van der Waals surface area contributed by atoms with Crippen LogP contribution >= 0.6 is 23.2 Å². The van der Waals surface area contributed by atoms with Gasteiger partial charge in [0.2, 0.25) is 0 Å². The Kier molecular flexibility index (Phi) is 4.94. The minimum absolute atomic E-state index is 0.106.